The van der Waals surface area contributed by atoms with E-state index in [1.165, 1.54) is 101 Å². The van der Waals surface area contributed by atoms with Gasteiger partial charge >= 0.3 is 18.2 Å². The van der Waals surface area contributed by atoms with Crippen molar-refractivity contribution in [3.05, 3.63) is 130 Å². The van der Waals surface area contributed by atoms with Crippen LogP contribution in [-0.2, 0) is 43.6 Å². The second-order valence-corrected chi connectivity index (χ2v) is 16.3. The second-order valence-electron chi connectivity index (χ2n) is 15.0. The number of carbonyl (C=O) groups excluding carboxylic acids is 4. The minimum Gasteiger partial charge on any atom is -0.456 e. The molecule has 22 heteroatoms. The molecular weight excluding hydrogens is 837 g/mol. The third kappa shape index (κ3) is 10.3. The van der Waals surface area contributed by atoms with Crippen LogP contribution in [0.2, 0.25) is 0 Å². The summed E-state index contributed by atoms with van der Waals surface area (Å²) in [5.41, 5.74) is 1.00. The summed E-state index contributed by atoms with van der Waals surface area (Å²) in [5.74, 6) is -2.51. The number of nitrogens with one attached hydrogen (secondary N) is 1. The summed E-state index contributed by atoms with van der Waals surface area (Å²) in [5, 5.41) is 56.7. The molecule has 2 saturated heterocycles. The second kappa shape index (κ2) is 19.4. The number of esters is 1. The van der Waals surface area contributed by atoms with Gasteiger partial charge in [0.1, 0.15) is 25.5 Å². The Morgan fingerprint density at radius 1 is 0.806 bits per heavy atom. The average Bonchev–Trinajstić information content (AvgIpc) is 3.75. The molecule has 3 N–H and O–H groups in total. The number of alkyl carbamates (subject to hydrolysis) is 1. The molecule has 21 nitrogen and oxygen atoms in total. The Labute approximate surface area is 357 Å². The zero-order valence-electron chi connectivity index (χ0n) is 33.3. The van der Waals surface area contributed by atoms with E-state index in [0.717, 1.165) is 0 Å². The van der Waals surface area contributed by atoms with Crippen LogP contribution in [-0.4, -0.2) is 101 Å². The van der Waals surface area contributed by atoms with Gasteiger partial charge in [-0.25, -0.2) is 14.4 Å². The van der Waals surface area contributed by atoms with Gasteiger partial charge in [-0.3, -0.25) is 35.1 Å². The summed E-state index contributed by atoms with van der Waals surface area (Å²) >= 11 is 1.25. The minimum absolute atomic E-state index is 0.0106. The van der Waals surface area contributed by atoms with Crippen LogP contribution in [0.5, 0.6) is 0 Å². The minimum atomic E-state index is -1.19. The number of thioether (sulfide) groups is 1. The van der Waals surface area contributed by atoms with Crippen molar-refractivity contribution in [2.75, 3.05) is 13.1 Å². The third-order valence-corrected chi connectivity index (χ3v) is 12.3. The van der Waals surface area contributed by atoms with Crippen molar-refractivity contribution in [1.29, 1.82) is 0 Å². The lowest BCUT2D eigenvalue weighted by molar-refractivity contribution is -0.385. The van der Waals surface area contributed by atoms with E-state index in [4.69, 9.17) is 14.2 Å². The number of non-ortho nitro benzene ring substituents is 3. The van der Waals surface area contributed by atoms with Crippen LogP contribution >= 0.6 is 11.8 Å². The molecule has 3 amide bonds. The van der Waals surface area contributed by atoms with Crippen LogP contribution in [0.4, 0.5) is 26.7 Å². The summed E-state index contributed by atoms with van der Waals surface area (Å²) in [4.78, 5) is 88.0. The first-order valence-corrected chi connectivity index (χ1v) is 20.2. The number of hydrogen-bond acceptors (Lipinski definition) is 16. The Bertz CT molecular complexity index is 2240. The maximum atomic E-state index is 13.8. The molecule has 6 rings (SSSR count). The van der Waals surface area contributed by atoms with Gasteiger partial charge < -0.3 is 39.5 Å². The van der Waals surface area contributed by atoms with Crippen LogP contribution in [0, 0.1) is 42.2 Å². The average molecular weight is 879 g/mol. The zero-order valence-corrected chi connectivity index (χ0v) is 34.1. The third-order valence-electron chi connectivity index (χ3n) is 10.8. The highest BCUT2D eigenvalue weighted by Gasteiger charge is 2.60. The van der Waals surface area contributed by atoms with E-state index in [1.807, 2.05) is 6.92 Å². The van der Waals surface area contributed by atoms with Crippen molar-refractivity contribution in [1.82, 2.24) is 15.1 Å². The first-order chi connectivity index (χ1) is 29.5. The number of nitro benzene ring substituents is 3. The molecule has 0 spiro atoms. The highest BCUT2D eigenvalue weighted by Crippen LogP contribution is 2.52. The fraction of sp³-hybridized carbons (Fsp3) is 0.400. The van der Waals surface area contributed by atoms with E-state index in [1.54, 1.807) is 0 Å². The summed E-state index contributed by atoms with van der Waals surface area (Å²) in [7, 11) is 0. The number of amides is 3. The van der Waals surface area contributed by atoms with E-state index >= 15 is 0 Å². The molecule has 0 bridgehead atoms. The normalized spacial score (nSPS) is 21.4. The van der Waals surface area contributed by atoms with Gasteiger partial charge in [-0.05, 0) is 72.9 Å². The topological polar surface area (TPSA) is 284 Å². The quantitative estimate of drug-likeness (QED) is 0.0544. The monoisotopic (exact) mass is 878 g/mol. The molecule has 2 fully saturated rings. The van der Waals surface area contributed by atoms with Crippen molar-refractivity contribution in [2.45, 2.75) is 76.1 Å². The molecule has 3 heterocycles. The van der Waals surface area contributed by atoms with Gasteiger partial charge in [0, 0.05) is 71.6 Å². The predicted molar refractivity (Wildman–Crippen MR) is 217 cm³/mol. The smallest absolute Gasteiger partial charge is 0.410 e. The lowest BCUT2D eigenvalue weighted by atomic mass is 9.79. The SMILES string of the molecule is C[C@@H](O)[C@H]1C(=O)N2C(C(=O)OCc3ccc([N+](=O)[O-])cc3)=C(S[C@H]3C[C@@H](C[C@H](O)CNC(=O)OCc4ccc([N+](=O)[O-])cc4)N(C(=O)OCc4ccc([N+](=O)[O-])cc4)C3)[C@H](C)[C@H]12. The Morgan fingerprint density at radius 3 is 1.77 bits per heavy atom. The fourth-order valence-electron chi connectivity index (χ4n) is 7.64. The first kappa shape index (κ1) is 44.9. The number of nitro groups is 3. The Hall–Kier alpha value is -6.65. The number of nitrogens with zero attached hydrogens (tertiary/aromatic N) is 5. The molecule has 0 aromatic heterocycles. The maximum Gasteiger partial charge on any atom is 0.410 e. The van der Waals surface area contributed by atoms with E-state index in [-0.39, 0.29) is 68.5 Å². The predicted octanol–water partition coefficient (Wildman–Crippen LogP) is 4.71. The fourth-order valence-corrected chi connectivity index (χ4v) is 9.20. The number of rotatable bonds is 17. The van der Waals surface area contributed by atoms with Crippen molar-refractivity contribution < 1.29 is 58.4 Å². The number of ether oxygens (including phenoxy) is 3. The number of benzene rings is 3. The molecule has 3 aromatic carbocycles. The number of aliphatic hydroxyl groups excluding tert-OH is 2. The van der Waals surface area contributed by atoms with Crippen LogP contribution in [0.15, 0.2) is 83.4 Å². The summed E-state index contributed by atoms with van der Waals surface area (Å²) in [6.07, 6.45) is -3.61. The maximum absolute atomic E-state index is 13.8. The zero-order chi connectivity index (χ0) is 44.8. The largest absolute Gasteiger partial charge is 0.456 e. The standard InChI is InChI=1S/C40H42N6O15S/c1-22-34-33(23(2)47)37(49)43(34)35(38(50)59-19-24-3-9-27(10-4-24)44(53)54)36(22)62-32-16-30(42(18-32)40(52)61-21-26-7-13-29(14-8-26)46(57)58)15-31(48)17-41-39(51)60-20-25-5-11-28(12-6-25)45(55)56/h3-14,22-23,30-34,47-48H,15-21H2,1-2H3,(H,41,51)/t22-,23-,30-,31+,32+,33-,34-/m1/s1. The Balaban J connectivity index is 1.16. The number of aliphatic hydroxyl groups is 2. The number of fused-ring (bicyclic) bond motifs is 1. The molecule has 3 aromatic rings. The van der Waals surface area contributed by atoms with Crippen molar-refractivity contribution in [2.24, 2.45) is 11.8 Å². The molecule has 328 valence electrons. The van der Waals surface area contributed by atoms with Gasteiger partial charge in [-0.2, -0.15) is 0 Å². The molecule has 0 saturated carbocycles. The Morgan fingerprint density at radius 2 is 1.29 bits per heavy atom. The molecule has 62 heavy (non-hydrogen) atoms. The van der Waals surface area contributed by atoms with Crippen LogP contribution in [0.25, 0.3) is 0 Å². The summed E-state index contributed by atoms with van der Waals surface area (Å²) < 4.78 is 16.4. The van der Waals surface area contributed by atoms with Gasteiger partial charge in [-0.1, -0.05) is 6.92 Å². The highest BCUT2D eigenvalue weighted by atomic mass is 32.2. The summed E-state index contributed by atoms with van der Waals surface area (Å²) in [6.45, 7) is 2.42. The van der Waals surface area contributed by atoms with Gasteiger partial charge in [0.2, 0.25) is 5.91 Å². The van der Waals surface area contributed by atoms with Crippen LogP contribution < -0.4 is 5.32 Å². The number of carbonyl (C=O) groups is 4. The number of hydrogen-bond donors (Lipinski definition) is 3. The first-order valence-electron chi connectivity index (χ1n) is 19.3. The van der Waals surface area contributed by atoms with Crippen molar-refractivity contribution in [3.63, 3.8) is 0 Å². The van der Waals surface area contributed by atoms with Gasteiger partial charge in [0.15, 0.2) is 0 Å². The van der Waals surface area contributed by atoms with Gasteiger partial charge in [0.25, 0.3) is 17.1 Å². The molecule has 0 radical (unpaired) electrons. The number of β-lactam (4-membered cyclic amide) rings is 1. The molecule has 0 unspecified atom stereocenters. The van der Waals surface area contributed by atoms with Crippen molar-refractivity contribution in [3.8, 4) is 0 Å². The van der Waals surface area contributed by atoms with E-state index in [0.29, 0.717) is 21.6 Å². The highest BCUT2D eigenvalue weighted by molar-refractivity contribution is 8.03. The molecule has 3 aliphatic heterocycles. The molecular formula is C40H42N6O15S. The van der Waals surface area contributed by atoms with Gasteiger partial charge in [-0.15, -0.1) is 11.8 Å². The number of likely N-dealkylation sites (tertiary alicyclic amines) is 1. The molecule has 0 aliphatic carbocycles. The summed E-state index contributed by atoms with van der Waals surface area (Å²) in [6, 6.07) is 15.1. The van der Waals surface area contributed by atoms with Crippen LogP contribution in [0.1, 0.15) is 43.4 Å². The Kier molecular flexibility index (Phi) is 14.0. The lowest BCUT2D eigenvalue weighted by Crippen LogP contribution is -2.63. The van der Waals surface area contributed by atoms with E-state index in [9.17, 15) is 59.7 Å². The molecule has 3 aliphatic rings. The van der Waals surface area contributed by atoms with E-state index in [2.05, 4.69) is 5.32 Å². The molecule has 7 atom stereocenters. The van der Waals surface area contributed by atoms with Gasteiger partial charge in [0.05, 0.1) is 38.9 Å². The van der Waals surface area contributed by atoms with Crippen LogP contribution in [0.3, 0.4) is 0 Å². The lowest BCUT2D eigenvalue weighted by Gasteiger charge is -2.46. The van der Waals surface area contributed by atoms with E-state index < -0.39 is 80.2 Å². The van der Waals surface area contributed by atoms with Crippen molar-refractivity contribution >= 4 is 52.9 Å².